The second kappa shape index (κ2) is 1.02. The van der Waals surface area contributed by atoms with Gasteiger partial charge in [-0.25, -0.2) is 9.59 Å². The van der Waals surface area contributed by atoms with Gasteiger partial charge in [0.1, 0.15) is 0 Å². The van der Waals surface area contributed by atoms with Crippen LogP contribution in [-0.4, -0.2) is 22.6 Å². The van der Waals surface area contributed by atoms with Crippen molar-refractivity contribution in [3.63, 3.8) is 0 Å². The minimum atomic E-state index is -1.51. The second-order valence-electron chi connectivity index (χ2n) is 1.73. The average Bonchev–Trinajstić information content (AvgIpc) is 2.17. The molecule has 0 aromatic rings. The molecular formula is C4H4O4. The summed E-state index contributed by atoms with van der Waals surface area (Å²) in [5.74, 6) is -1.88. The SMILES string of the molecule is CC1(C(=O)O)OC1=O. The van der Waals surface area contributed by atoms with Gasteiger partial charge in [-0.1, -0.05) is 0 Å². The molecule has 1 aliphatic heterocycles. The minimum absolute atomic E-state index is 0.662. The first-order chi connectivity index (χ1) is 3.57. The summed E-state index contributed by atoms with van der Waals surface area (Å²) in [5.41, 5.74) is -1.51. The first-order valence-electron chi connectivity index (χ1n) is 2.04. The first-order valence-corrected chi connectivity index (χ1v) is 2.04. The molecule has 4 heteroatoms. The van der Waals surface area contributed by atoms with Crippen LogP contribution in [0.3, 0.4) is 0 Å². The highest BCUT2D eigenvalue weighted by atomic mass is 16.7. The molecule has 0 spiro atoms. The zero-order valence-corrected chi connectivity index (χ0v) is 4.17. The van der Waals surface area contributed by atoms with Gasteiger partial charge in [0.15, 0.2) is 0 Å². The number of aliphatic carboxylic acids is 1. The molecule has 1 unspecified atom stereocenters. The van der Waals surface area contributed by atoms with Crippen LogP contribution in [-0.2, 0) is 14.3 Å². The van der Waals surface area contributed by atoms with E-state index in [1.54, 1.807) is 0 Å². The van der Waals surface area contributed by atoms with E-state index >= 15 is 0 Å². The molecule has 0 aromatic heterocycles. The quantitative estimate of drug-likeness (QED) is 0.366. The van der Waals surface area contributed by atoms with Gasteiger partial charge in [-0.05, 0) is 6.92 Å². The molecule has 0 bridgehead atoms. The fourth-order valence-corrected chi connectivity index (χ4v) is 0.291. The summed E-state index contributed by atoms with van der Waals surface area (Å²) in [7, 11) is 0. The first kappa shape index (κ1) is 5.08. The van der Waals surface area contributed by atoms with Gasteiger partial charge in [0.25, 0.3) is 0 Å². The Morgan fingerprint density at radius 2 is 2.25 bits per heavy atom. The number of carboxylic acids is 1. The standard InChI is InChI=1S/C4H4O4/c1-4(2(5)6)3(7)8-4/h1H3,(H,5,6). The van der Waals surface area contributed by atoms with Crippen LogP contribution >= 0.6 is 0 Å². The zero-order valence-electron chi connectivity index (χ0n) is 4.17. The van der Waals surface area contributed by atoms with Crippen molar-refractivity contribution in [1.29, 1.82) is 0 Å². The van der Waals surface area contributed by atoms with Gasteiger partial charge in [-0.15, -0.1) is 0 Å². The molecule has 44 valence electrons. The lowest BCUT2D eigenvalue weighted by Gasteiger charge is -1.86. The van der Waals surface area contributed by atoms with Crippen LogP contribution in [0.15, 0.2) is 0 Å². The Morgan fingerprint density at radius 1 is 1.88 bits per heavy atom. The Morgan fingerprint density at radius 3 is 2.25 bits per heavy atom. The van der Waals surface area contributed by atoms with Gasteiger partial charge < -0.3 is 9.84 Å². The maximum atomic E-state index is 10.0. The maximum Gasteiger partial charge on any atom is 0.363 e. The van der Waals surface area contributed by atoms with Crippen molar-refractivity contribution < 1.29 is 19.4 Å². The third kappa shape index (κ3) is 0.395. The highest BCUT2D eigenvalue weighted by Gasteiger charge is 2.61. The molecule has 0 radical (unpaired) electrons. The molecule has 1 fully saturated rings. The molecule has 8 heavy (non-hydrogen) atoms. The van der Waals surface area contributed by atoms with Crippen LogP contribution in [0.5, 0.6) is 0 Å². The lowest BCUT2D eigenvalue weighted by Crippen LogP contribution is -2.20. The average molecular weight is 116 g/mol. The van der Waals surface area contributed by atoms with Crippen molar-refractivity contribution in [3.05, 3.63) is 0 Å². The van der Waals surface area contributed by atoms with Gasteiger partial charge >= 0.3 is 17.5 Å². The van der Waals surface area contributed by atoms with Crippen LogP contribution in [0.1, 0.15) is 6.92 Å². The van der Waals surface area contributed by atoms with Gasteiger partial charge in [-0.3, -0.25) is 0 Å². The summed E-state index contributed by atoms with van der Waals surface area (Å²) in [6.45, 7) is 1.22. The minimum Gasteiger partial charge on any atom is -0.478 e. The monoisotopic (exact) mass is 116 g/mol. The van der Waals surface area contributed by atoms with Crippen molar-refractivity contribution in [2.24, 2.45) is 0 Å². The smallest absolute Gasteiger partial charge is 0.363 e. The number of rotatable bonds is 1. The largest absolute Gasteiger partial charge is 0.478 e. The Balaban J connectivity index is 2.73. The number of hydrogen-bond acceptors (Lipinski definition) is 3. The van der Waals surface area contributed by atoms with Gasteiger partial charge in [0, 0.05) is 0 Å². The van der Waals surface area contributed by atoms with E-state index in [0.29, 0.717) is 0 Å². The number of ether oxygens (including phenoxy) is 1. The van der Waals surface area contributed by atoms with E-state index in [1.807, 2.05) is 0 Å². The lowest BCUT2D eigenvalue weighted by atomic mass is 10.2. The summed E-state index contributed by atoms with van der Waals surface area (Å²) in [5, 5.41) is 8.14. The number of hydrogen-bond donors (Lipinski definition) is 1. The molecular weight excluding hydrogens is 112 g/mol. The number of epoxide rings is 1. The van der Waals surface area contributed by atoms with Crippen LogP contribution < -0.4 is 0 Å². The predicted octanol–water partition coefficient (Wildman–Crippen LogP) is -0.613. The summed E-state index contributed by atoms with van der Waals surface area (Å²) >= 11 is 0. The molecule has 4 nitrogen and oxygen atoms in total. The van der Waals surface area contributed by atoms with E-state index in [4.69, 9.17) is 5.11 Å². The zero-order chi connectivity index (χ0) is 6.36. The van der Waals surface area contributed by atoms with Crippen LogP contribution in [0.4, 0.5) is 0 Å². The van der Waals surface area contributed by atoms with Crippen molar-refractivity contribution in [3.8, 4) is 0 Å². The highest BCUT2D eigenvalue weighted by molar-refractivity contribution is 6.12. The summed E-state index contributed by atoms with van der Waals surface area (Å²) in [6.07, 6.45) is 0. The Labute approximate surface area is 45.1 Å². The molecule has 1 saturated heterocycles. The molecule has 0 aromatic carbocycles. The number of carboxylic acid groups (broad SMARTS) is 1. The second-order valence-corrected chi connectivity index (χ2v) is 1.73. The number of carbonyl (C=O) groups excluding carboxylic acids is 1. The predicted molar refractivity (Wildman–Crippen MR) is 22.1 cm³/mol. The normalized spacial score (nSPS) is 33.9. The molecule has 0 saturated carbocycles. The van der Waals surface area contributed by atoms with Crippen molar-refractivity contribution in [2.75, 3.05) is 0 Å². The van der Waals surface area contributed by atoms with E-state index in [9.17, 15) is 9.59 Å². The van der Waals surface area contributed by atoms with Gasteiger partial charge in [0.2, 0.25) is 0 Å². The van der Waals surface area contributed by atoms with E-state index in [0.717, 1.165) is 0 Å². The summed E-state index contributed by atoms with van der Waals surface area (Å²) < 4.78 is 4.13. The third-order valence-electron chi connectivity index (χ3n) is 1.05. The molecule has 1 atom stereocenters. The summed E-state index contributed by atoms with van der Waals surface area (Å²) in [6, 6.07) is 0. The molecule has 0 aliphatic carbocycles. The molecule has 0 amide bonds. The lowest BCUT2D eigenvalue weighted by molar-refractivity contribution is -0.142. The summed E-state index contributed by atoms with van der Waals surface area (Å²) in [4.78, 5) is 20.0. The Bertz CT molecular complexity index is 161. The Kier molecular flexibility index (Phi) is 0.646. The van der Waals surface area contributed by atoms with Crippen molar-refractivity contribution in [2.45, 2.75) is 12.5 Å². The highest BCUT2D eigenvalue weighted by Crippen LogP contribution is 2.27. The van der Waals surface area contributed by atoms with E-state index < -0.39 is 17.5 Å². The van der Waals surface area contributed by atoms with Gasteiger partial charge in [0.05, 0.1) is 0 Å². The van der Waals surface area contributed by atoms with Crippen molar-refractivity contribution in [1.82, 2.24) is 0 Å². The number of cyclic esters (lactones) is 1. The molecule has 1 aliphatic rings. The van der Waals surface area contributed by atoms with E-state index in [-0.39, 0.29) is 0 Å². The van der Waals surface area contributed by atoms with E-state index in [2.05, 4.69) is 4.74 Å². The van der Waals surface area contributed by atoms with Crippen LogP contribution in [0, 0.1) is 0 Å². The van der Waals surface area contributed by atoms with Crippen molar-refractivity contribution >= 4 is 11.9 Å². The molecule has 1 N–H and O–H groups in total. The van der Waals surface area contributed by atoms with Crippen LogP contribution in [0.2, 0.25) is 0 Å². The third-order valence-corrected chi connectivity index (χ3v) is 1.05. The number of carbonyl (C=O) groups is 2. The van der Waals surface area contributed by atoms with Gasteiger partial charge in [-0.2, -0.15) is 0 Å². The topological polar surface area (TPSA) is 66.9 Å². The fraction of sp³-hybridized carbons (Fsp3) is 0.500. The van der Waals surface area contributed by atoms with E-state index in [1.165, 1.54) is 6.92 Å². The molecule has 1 heterocycles. The maximum absolute atomic E-state index is 10.0. The van der Waals surface area contributed by atoms with Crippen LogP contribution in [0.25, 0.3) is 0 Å². The Hall–Kier alpha value is -1.06. The molecule has 1 rings (SSSR count). The fourth-order valence-electron chi connectivity index (χ4n) is 0.291.